The van der Waals surface area contributed by atoms with Gasteiger partial charge < -0.3 is 14.2 Å². The van der Waals surface area contributed by atoms with Crippen LogP contribution in [-0.2, 0) is 9.47 Å². The first-order chi connectivity index (χ1) is 7.88. The number of rotatable bonds is 7. The zero-order valence-electron chi connectivity index (χ0n) is 8.93. The van der Waals surface area contributed by atoms with E-state index in [9.17, 15) is 4.79 Å². The van der Waals surface area contributed by atoms with E-state index >= 15 is 0 Å². The fourth-order valence-electron chi connectivity index (χ4n) is 1.24. The molecule has 1 heterocycles. The van der Waals surface area contributed by atoms with E-state index in [0.29, 0.717) is 31.5 Å². The maximum atomic E-state index is 10.4. The Kier molecular flexibility index (Phi) is 3.91. The van der Waals surface area contributed by atoms with Gasteiger partial charge in [0.25, 0.3) is 0 Å². The molecule has 1 fully saturated rings. The standard InChI is InChI=1S/C12H14O4/c13-7-10-1-3-11(4-2-10)15-6-5-14-8-12-9-16-12/h1-4,7,12H,5-6,8-9H2. The van der Waals surface area contributed by atoms with Gasteiger partial charge in [-0.05, 0) is 24.3 Å². The molecule has 1 aromatic rings. The van der Waals surface area contributed by atoms with Crippen molar-refractivity contribution < 1.29 is 19.0 Å². The summed E-state index contributed by atoms with van der Waals surface area (Å²) in [6.07, 6.45) is 1.11. The summed E-state index contributed by atoms with van der Waals surface area (Å²) in [7, 11) is 0. The third-order valence-corrected chi connectivity index (χ3v) is 2.22. The number of aldehydes is 1. The van der Waals surface area contributed by atoms with E-state index in [0.717, 1.165) is 18.6 Å². The number of carbonyl (C=O) groups excluding carboxylic acids is 1. The molecule has 1 unspecified atom stereocenters. The fourth-order valence-corrected chi connectivity index (χ4v) is 1.24. The second-order valence-electron chi connectivity index (χ2n) is 3.57. The van der Waals surface area contributed by atoms with Crippen LogP contribution in [0.15, 0.2) is 24.3 Å². The molecule has 0 amide bonds. The average Bonchev–Trinajstić information content (AvgIpc) is 3.13. The van der Waals surface area contributed by atoms with Gasteiger partial charge in [0.2, 0.25) is 0 Å². The Labute approximate surface area is 94.1 Å². The van der Waals surface area contributed by atoms with Gasteiger partial charge >= 0.3 is 0 Å². The molecular formula is C12H14O4. The van der Waals surface area contributed by atoms with Gasteiger partial charge in [-0.25, -0.2) is 0 Å². The molecule has 1 aromatic carbocycles. The molecule has 0 bridgehead atoms. The number of hydrogen-bond acceptors (Lipinski definition) is 4. The van der Waals surface area contributed by atoms with E-state index in [-0.39, 0.29) is 0 Å². The zero-order valence-corrected chi connectivity index (χ0v) is 8.93. The quantitative estimate of drug-likeness (QED) is 0.396. The highest BCUT2D eigenvalue weighted by Gasteiger charge is 2.21. The predicted molar refractivity (Wildman–Crippen MR) is 57.9 cm³/mol. The van der Waals surface area contributed by atoms with Gasteiger partial charge in [-0.1, -0.05) is 0 Å². The molecule has 0 spiro atoms. The van der Waals surface area contributed by atoms with E-state index in [1.165, 1.54) is 0 Å². The molecule has 0 saturated carbocycles. The van der Waals surface area contributed by atoms with Gasteiger partial charge in [0, 0.05) is 5.56 Å². The molecule has 1 aliphatic heterocycles. The summed E-state index contributed by atoms with van der Waals surface area (Å²) in [4.78, 5) is 10.4. The number of ether oxygens (including phenoxy) is 3. The summed E-state index contributed by atoms with van der Waals surface area (Å²) < 4.78 is 15.7. The lowest BCUT2D eigenvalue weighted by Crippen LogP contribution is -2.10. The summed E-state index contributed by atoms with van der Waals surface area (Å²) in [6.45, 7) is 2.52. The molecule has 2 rings (SSSR count). The lowest BCUT2D eigenvalue weighted by molar-refractivity contribution is 0.0878. The van der Waals surface area contributed by atoms with E-state index in [4.69, 9.17) is 14.2 Å². The Morgan fingerprint density at radius 3 is 2.69 bits per heavy atom. The minimum Gasteiger partial charge on any atom is -0.491 e. The Morgan fingerprint density at radius 1 is 1.31 bits per heavy atom. The van der Waals surface area contributed by atoms with Gasteiger partial charge in [-0.3, -0.25) is 4.79 Å². The Hall–Kier alpha value is -1.39. The zero-order chi connectivity index (χ0) is 11.2. The third kappa shape index (κ3) is 3.64. The van der Waals surface area contributed by atoms with Gasteiger partial charge in [0.05, 0.1) is 19.8 Å². The van der Waals surface area contributed by atoms with Gasteiger partial charge in [-0.2, -0.15) is 0 Å². The maximum Gasteiger partial charge on any atom is 0.150 e. The van der Waals surface area contributed by atoms with Crippen LogP contribution >= 0.6 is 0 Å². The molecule has 86 valence electrons. The minimum absolute atomic E-state index is 0.298. The number of epoxide rings is 1. The van der Waals surface area contributed by atoms with Crippen molar-refractivity contribution in [1.29, 1.82) is 0 Å². The SMILES string of the molecule is O=Cc1ccc(OCCOCC2CO2)cc1. The normalized spacial score (nSPS) is 18.1. The van der Waals surface area contributed by atoms with Crippen LogP contribution in [0, 0.1) is 0 Å². The second kappa shape index (κ2) is 5.63. The summed E-state index contributed by atoms with van der Waals surface area (Å²) >= 11 is 0. The molecule has 4 heteroatoms. The van der Waals surface area contributed by atoms with Gasteiger partial charge in [-0.15, -0.1) is 0 Å². The molecule has 1 atom stereocenters. The number of hydrogen-bond donors (Lipinski definition) is 0. The molecule has 4 nitrogen and oxygen atoms in total. The molecule has 0 aromatic heterocycles. The van der Waals surface area contributed by atoms with Crippen LogP contribution in [0.5, 0.6) is 5.75 Å². The lowest BCUT2D eigenvalue weighted by Gasteiger charge is -2.06. The minimum atomic E-state index is 0.298. The highest BCUT2D eigenvalue weighted by Crippen LogP contribution is 2.11. The molecule has 0 N–H and O–H groups in total. The average molecular weight is 222 g/mol. The highest BCUT2D eigenvalue weighted by atomic mass is 16.6. The first-order valence-corrected chi connectivity index (χ1v) is 5.26. The van der Waals surface area contributed by atoms with Crippen molar-refractivity contribution in [2.45, 2.75) is 6.10 Å². The predicted octanol–water partition coefficient (Wildman–Crippen LogP) is 1.29. The van der Waals surface area contributed by atoms with E-state index in [1.54, 1.807) is 24.3 Å². The van der Waals surface area contributed by atoms with Crippen molar-refractivity contribution in [3.8, 4) is 5.75 Å². The summed E-state index contributed by atoms with van der Waals surface area (Å²) in [5.74, 6) is 0.747. The van der Waals surface area contributed by atoms with Crippen LogP contribution in [0.3, 0.4) is 0 Å². The van der Waals surface area contributed by atoms with Crippen LogP contribution in [0.2, 0.25) is 0 Å². The van der Waals surface area contributed by atoms with Crippen LogP contribution in [-0.4, -0.2) is 38.8 Å². The topological polar surface area (TPSA) is 48.1 Å². The summed E-state index contributed by atoms with van der Waals surface area (Å²) in [6, 6.07) is 6.99. The highest BCUT2D eigenvalue weighted by molar-refractivity contribution is 5.74. The van der Waals surface area contributed by atoms with Crippen molar-refractivity contribution in [1.82, 2.24) is 0 Å². The van der Waals surface area contributed by atoms with E-state index in [2.05, 4.69) is 0 Å². The first-order valence-electron chi connectivity index (χ1n) is 5.26. The van der Waals surface area contributed by atoms with Crippen LogP contribution in [0.25, 0.3) is 0 Å². The van der Waals surface area contributed by atoms with Gasteiger partial charge in [0.1, 0.15) is 24.7 Å². The Morgan fingerprint density at radius 2 is 2.06 bits per heavy atom. The van der Waals surface area contributed by atoms with Crippen LogP contribution < -0.4 is 4.74 Å². The number of carbonyl (C=O) groups is 1. The molecule has 0 radical (unpaired) electrons. The van der Waals surface area contributed by atoms with Gasteiger partial charge in [0.15, 0.2) is 0 Å². The molecular weight excluding hydrogens is 208 g/mol. The third-order valence-electron chi connectivity index (χ3n) is 2.22. The van der Waals surface area contributed by atoms with Crippen molar-refractivity contribution in [3.63, 3.8) is 0 Å². The van der Waals surface area contributed by atoms with Crippen molar-refractivity contribution in [3.05, 3.63) is 29.8 Å². The summed E-state index contributed by atoms with van der Waals surface area (Å²) in [5.41, 5.74) is 0.648. The van der Waals surface area contributed by atoms with Crippen molar-refractivity contribution >= 4 is 6.29 Å². The second-order valence-corrected chi connectivity index (χ2v) is 3.57. The number of benzene rings is 1. The van der Waals surface area contributed by atoms with Crippen LogP contribution in [0.4, 0.5) is 0 Å². The maximum absolute atomic E-state index is 10.4. The molecule has 0 aliphatic carbocycles. The van der Waals surface area contributed by atoms with E-state index < -0.39 is 0 Å². The Balaban J connectivity index is 1.61. The lowest BCUT2D eigenvalue weighted by atomic mass is 10.2. The first kappa shape index (κ1) is 11.1. The Bertz CT molecular complexity index is 329. The smallest absolute Gasteiger partial charge is 0.150 e. The van der Waals surface area contributed by atoms with Crippen LogP contribution in [0.1, 0.15) is 10.4 Å². The monoisotopic (exact) mass is 222 g/mol. The van der Waals surface area contributed by atoms with Crippen molar-refractivity contribution in [2.24, 2.45) is 0 Å². The molecule has 1 saturated heterocycles. The molecule has 1 aliphatic rings. The molecule has 16 heavy (non-hydrogen) atoms. The van der Waals surface area contributed by atoms with Crippen molar-refractivity contribution in [2.75, 3.05) is 26.4 Å². The van der Waals surface area contributed by atoms with E-state index in [1.807, 2.05) is 0 Å². The summed E-state index contributed by atoms with van der Waals surface area (Å²) in [5, 5.41) is 0. The largest absolute Gasteiger partial charge is 0.491 e. The fraction of sp³-hybridized carbons (Fsp3) is 0.417.